The van der Waals surface area contributed by atoms with Crippen LogP contribution in [0.3, 0.4) is 0 Å². The number of nitrogens with two attached hydrogens (primary N) is 1. The summed E-state index contributed by atoms with van der Waals surface area (Å²) in [5.74, 6) is 0.665. The highest BCUT2D eigenvalue weighted by Gasteiger charge is 2.19. The van der Waals surface area contributed by atoms with E-state index in [1.54, 1.807) is 14.2 Å². The van der Waals surface area contributed by atoms with Crippen LogP contribution >= 0.6 is 0 Å². The number of hydrogen-bond donors (Lipinski definition) is 1. The van der Waals surface area contributed by atoms with Gasteiger partial charge in [-0.05, 0) is 24.1 Å². The van der Waals surface area contributed by atoms with Gasteiger partial charge in [-0.1, -0.05) is 38.7 Å². The molecular formula is C18H29NO4. The molecule has 0 spiro atoms. The molecular weight excluding hydrogens is 294 g/mol. The van der Waals surface area contributed by atoms with E-state index in [-0.39, 0.29) is 11.8 Å². The van der Waals surface area contributed by atoms with Crippen LogP contribution in [0, 0.1) is 0 Å². The molecule has 0 aromatic heterocycles. The molecule has 1 amide bonds. The van der Waals surface area contributed by atoms with Gasteiger partial charge in [-0.15, -0.1) is 0 Å². The van der Waals surface area contributed by atoms with Crippen LogP contribution in [0.2, 0.25) is 0 Å². The minimum absolute atomic E-state index is 0.289. The third-order valence-corrected chi connectivity index (χ3v) is 3.82. The lowest BCUT2D eigenvalue weighted by molar-refractivity contribution is -0.119. The molecule has 0 aliphatic rings. The van der Waals surface area contributed by atoms with Gasteiger partial charge in [0, 0.05) is 7.11 Å². The molecule has 2 N–H and O–H groups in total. The molecule has 23 heavy (non-hydrogen) atoms. The number of amides is 1. The number of carbonyl (C=O) groups is 1. The normalized spacial score (nSPS) is 12.0. The predicted molar refractivity (Wildman–Crippen MR) is 91.1 cm³/mol. The second-order valence-corrected chi connectivity index (χ2v) is 5.56. The molecule has 1 aromatic rings. The second-order valence-electron chi connectivity index (χ2n) is 5.56. The molecule has 1 rings (SSSR count). The van der Waals surface area contributed by atoms with Crippen molar-refractivity contribution in [3.63, 3.8) is 0 Å². The summed E-state index contributed by atoms with van der Waals surface area (Å²) in [6, 6.07) is 5.56. The van der Waals surface area contributed by atoms with Crippen LogP contribution in [0.5, 0.6) is 11.5 Å². The van der Waals surface area contributed by atoms with Crippen LogP contribution < -0.4 is 15.2 Å². The standard InChI is InChI=1S/C18H29NO4/c1-4-5-6-7-8-15(18(19)20)14-9-10-16(22-3)17(13-14)23-12-11-21-2/h9-10,13,15H,4-8,11-12H2,1-3H3,(H2,19,20). The minimum atomic E-state index is -0.297. The Labute approximate surface area is 139 Å². The van der Waals surface area contributed by atoms with Crippen LogP contribution in [0.4, 0.5) is 0 Å². The summed E-state index contributed by atoms with van der Waals surface area (Å²) in [5, 5.41) is 0. The van der Waals surface area contributed by atoms with Crippen LogP contribution in [-0.4, -0.2) is 33.3 Å². The number of unbranched alkanes of at least 4 members (excludes halogenated alkanes) is 3. The smallest absolute Gasteiger partial charge is 0.224 e. The van der Waals surface area contributed by atoms with Gasteiger partial charge in [-0.25, -0.2) is 0 Å². The van der Waals surface area contributed by atoms with Crippen LogP contribution in [0.25, 0.3) is 0 Å². The van der Waals surface area contributed by atoms with E-state index >= 15 is 0 Å². The lowest BCUT2D eigenvalue weighted by Gasteiger charge is -2.17. The summed E-state index contributed by atoms with van der Waals surface area (Å²) in [7, 11) is 3.21. The fourth-order valence-electron chi connectivity index (χ4n) is 2.51. The highest BCUT2D eigenvalue weighted by Crippen LogP contribution is 2.32. The van der Waals surface area contributed by atoms with Crippen molar-refractivity contribution in [3.05, 3.63) is 23.8 Å². The first-order chi connectivity index (χ1) is 11.1. The first kappa shape index (κ1) is 19.3. The third kappa shape index (κ3) is 6.48. The Hall–Kier alpha value is -1.75. The molecule has 0 saturated heterocycles. The molecule has 1 unspecified atom stereocenters. The van der Waals surface area contributed by atoms with Gasteiger partial charge < -0.3 is 19.9 Å². The highest BCUT2D eigenvalue weighted by molar-refractivity contribution is 5.82. The number of benzene rings is 1. The molecule has 5 nitrogen and oxygen atoms in total. The first-order valence-electron chi connectivity index (χ1n) is 8.23. The fraction of sp³-hybridized carbons (Fsp3) is 0.611. The SMILES string of the molecule is CCCCCCC(C(N)=O)c1ccc(OC)c(OCCOC)c1. The van der Waals surface area contributed by atoms with Crippen molar-refractivity contribution in [2.75, 3.05) is 27.4 Å². The lowest BCUT2D eigenvalue weighted by Crippen LogP contribution is -2.21. The van der Waals surface area contributed by atoms with E-state index in [0.29, 0.717) is 24.7 Å². The number of methoxy groups -OCH3 is 2. The first-order valence-corrected chi connectivity index (χ1v) is 8.23. The summed E-state index contributed by atoms with van der Waals surface area (Å²) in [4.78, 5) is 11.8. The Morgan fingerprint density at radius 1 is 1.13 bits per heavy atom. The maximum absolute atomic E-state index is 11.8. The van der Waals surface area contributed by atoms with Gasteiger partial charge in [-0.3, -0.25) is 4.79 Å². The molecule has 0 saturated carbocycles. The van der Waals surface area contributed by atoms with Crippen molar-refractivity contribution in [2.24, 2.45) is 5.73 Å². The quantitative estimate of drug-likeness (QED) is 0.599. The zero-order chi connectivity index (χ0) is 17.1. The fourth-order valence-corrected chi connectivity index (χ4v) is 2.51. The number of carbonyl (C=O) groups excluding carboxylic acids is 1. The summed E-state index contributed by atoms with van der Waals surface area (Å²) in [6.07, 6.45) is 5.22. The molecule has 0 aliphatic carbocycles. The Balaban J connectivity index is 2.84. The van der Waals surface area contributed by atoms with Crippen LogP contribution in [-0.2, 0) is 9.53 Å². The van der Waals surface area contributed by atoms with Crippen LogP contribution in [0.15, 0.2) is 18.2 Å². The van der Waals surface area contributed by atoms with Gasteiger partial charge in [0.15, 0.2) is 11.5 Å². The third-order valence-electron chi connectivity index (χ3n) is 3.82. The Bertz CT molecular complexity index is 476. The molecule has 0 bridgehead atoms. The van der Waals surface area contributed by atoms with Crippen molar-refractivity contribution in [1.29, 1.82) is 0 Å². The van der Waals surface area contributed by atoms with Crippen molar-refractivity contribution in [1.82, 2.24) is 0 Å². The van der Waals surface area contributed by atoms with E-state index < -0.39 is 0 Å². The van der Waals surface area contributed by atoms with E-state index in [9.17, 15) is 4.79 Å². The molecule has 0 heterocycles. The summed E-state index contributed by atoms with van der Waals surface area (Å²) in [6.45, 7) is 3.08. The molecule has 5 heteroatoms. The minimum Gasteiger partial charge on any atom is -0.493 e. The molecule has 1 aromatic carbocycles. The predicted octanol–water partition coefficient (Wildman–Crippen LogP) is 3.26. The average molecular weight is 323 g/mol. The Kier molecular flexibility index (Phi) is 9.14. The van der Waals surface area contributed by atoms with Crippen molar-refractivity contribution < 1.29 is 19.0 Å². The zero-order valence-corrected chi connectivity index (χ0v) is 14.5. The Morgan fingerprint density at radius 2 is 1.91 bits per heavy atom. The van der Waals surface area contributed by atoms with Crippen molar-refractivity contribution in [2.45, 2.75) is 44.9 Å². The maximum atomic E-state index is 11.8. The van der Waals surface area contributed by atoms with Crippen molar-refractivity contribution in [3.8, 4) is 11.5 Å². The largest absolute Gasteiger partial charge is 0.493 e. The van der Waals surface area contributed by atoms with Crippen LogP contribution in [0.1, 0.15) is 50.5 Å². The second kappa shape index (κ2) is 10.9. The molecule has 0 fully saturated rings. The average Bonchev–Trinajstić information content (AvgIpc) is 2.55. The van der Waals surface area contributed by atoms with Gasteiger partial charge in [0.25, 0.3) is 0 Å². The number of rotatable bonds is 12. The summed E-state index contributed by atoms with van der Waals surface area (Å²) in [5.41, 5.74) is 6.47. The molecule has 1 atom stereocenters. The number of primary amides is 1. The van der Waals surface area contributed by atoms with Gasteiger partial charge in [0.2, 0.25) is 5.91 Å². The van der Waals surface area contributed by atoms with E-state index in [1.165, 1.54) is 12.8 Å². The van der Waals surface area contributed by atoms with Gasteiger partial charge in [0.1, 0.15) is 6.61 Å². The Morgan fingerprint density at radius 3 is 2.52 bits per heavy atom. The summed E-state index contributed by atoms with van der Waals surface area (Å²) < 4.78 is 16.0. The monoisotopic (exact) mass is 323 g/mol. The van der Waals surface area contributed by atoms with Gasteiger partial charge >= 0.3 is 0 Å². The van der Waals surface area contributed by atoms with E-state index in [4.69, 9.17) is 19.9 Å². The van der Waals surface area contributed by atoms with Crippen molar-refractivity contribution >= 4 is 5.91 Å². The van der Waals surface area contributed by atoms with Gasteiger partial charge in [-0.2, -0.15) is 0 Å². The number of hydrogen-bond acceptors (Lipinski definition) is 4. The zero-order valence-electron chi connectivity index (χ0n) is 14.5. The van der Waals surface area contributed by atoms with E-state index in [0.717, 1.165) is 24.8 Å². The summed E-state index contributed by atoms with van der Waals surface area (Å²) >= 11 is 0. The van der Waals surface area contributed by atoms with Gasteiger partial charge in [0.05, 0.1) is 19.6 Å². The number of ether oxygens (including phenoxy) is 3. The topological polar surface area (TPSA) is 70.8 Å². The van der Waals surface area contributed by atoms with E-state index in [1.807, 2.05) is 18.2 Å². The molecule has 0 radical (unpaired) electrons. The van der Waals surface area contributed by atoms with E-state index in [2.05, 4.69) is 6.92 Å². The maximum Gasteiger partial charge on any atom is 0.224 e. The lowest BCUT2D eigenvalue weighted by atomic mass is 9.92. The molecule has 0 aliphatic heterocycles. The molecule has 130 valence electrons. The highest BCUT2D eigenvalue weighted by atomic mass is 16.5.